The summed E-state index contributed by atoms with van der Waals surface area (Å²) in [6, 6.07) is 6.65. The molecule has 1 aliphatic heterocycles. The van der Waals surface area contributed by atoms with Crippen LogP contribution in [0.15, 0.2) is 24.3 Å². The van der Waals surface area contributed by atoms with Gasteiger partial charge in [-0.25, -0.2) is 8.42 Å². The summed E-state index contributed by atoms with van der Waals surface area (Å²) in [6.07, 6.45) is 0. The van der Waals surface area contributed by atoms with E-state index in [1.807, 2.05) is 0 Å². The summed E-state index contributed by atoms with van der Waals surface area (Å²) < 4.78 is 49.0. The van der Waals surface area contributed by atoms with Crippen LogP contribution in [0.25, 0.3) is 0 Å². The molecule has 0 unspecified atom stereocenters. The van der Waals surface area contributed by atoms with Gasteiger partial charge in [0.1, 0.15) is 0 Å². The Labute approximate surface area is 98.3 Å². The van der Waals surface area contributed by atoms with Crippen molar-refractivity contribution in [3.05, 3.63) is 29.8 Å². The van der Waals surface area contributed by atoms with Gasteiger partial charge in [0.2, 0.25) is 0 Å². The van der Waals surface area contributed by atoms with Crippen LogP contribution in [0.4, 0.5) is 14.5 Å². The number of hydrogen-bond acceptors (Lipinski definition) is 3. The van der Waals surface area contributed by atoms with Gasteiger partial charge in [0.15, 0.2) is 0 Å². The lowest BCUT2D eigenvalue weighted by molar-refractivity contribution is 0.234. The van der Waals surface area contributed by atoms with Crippen molar-refractivity contribution in [2.45, 2.75) is 12.3 Å². The van der Waals surface area contributed by atoms with E-state index in [0.717, 1.165) is 4.31 Å². The number of alkyl halides is 2. The van der Waals surface area contributed by atoms with Crippen molar-refractivity contribution in [3.8, 4) is 0 Å². The van der Waals surface area contributed by atoms with Crippen molar-refractivity contribution < 1.29 is 17.2 Å². The number of anilines is 1. The predicted octanol–water partition coefficient (Wildman–Crippen LogP) is 1.15. The quantitative estimate of drug-likeness (QED) is 0.869. The zero-order valence-electron chi connectivity index (χ0n) is 8.94. The number of hydrogen-bond donors (Lipinski definition) is 1. The summed E-state index contributed by atoms with van der Waals surface area (Å²) in [5.74, 6) is -3.39. The van der Waals surface area contributed by atoms with Gasteiger partial charge >= 0.3 is 5.76 Å². The highest BCUT2D eigenvalue weighted by atomic mass is 32.2. The van der Waals surface area contributed by atoms with E-state index >= 15 is 0 Å². The van der Waals surface area contributed by atoms with Crippen LogP contribution in [0.3, 0.4) is 0 Å². The van der Waals surface area contributed by atoms with Gasteiger partial charge in [-0.2, -0.15) is 8.78 Å². The number of para-hydroxylation sites is 1. The normalized spacial score (nSPS) is 16.8. The maximum Gasteiger partial charge on any atom is 0.355 e. The fourth-order valence-corrected chi connectivity index (χ4v) is 2.78. The molecule has 0 radical (unpaired) electrons. The second kappa shape index (κ2) is 4.58. The lowest BCUT2D eigenvalue weighted by Crippen LogP contribution is -2.38. The van der Waals surface area contributed by atoms with Crippen LogP contribution < -0.4 is 9.62 Å². The van der Waals surface area contributed by atoms with E-state index in [2.05, 4.69) is 5.32 Å². The molecule has 2 rings (SSSR count). The van der Waals surface area contributed by atoms with Crippen LogP contribution in [-0.4, -0.2) is 27.3 Å². The molecule has 7 heteroatoms. The summed E-state index contributed by atoms with van der Waals surface area (Å²) in [6.45, 7) is 0.843. The summed E-state index contributed by atoms with van der Waals surface area (Å²) in [5, 5.41) is 2.99. The van der Waals surface area contributed by atoms with E-state index < -0.39 is 15.8 Å². The molecular formula is C10H12F2N2O2S. The SMILES string of the molecule is O=S(=O)(C(F)F)N1CCNCc2ccccc21. The monoisotopic (exact) mass is 262 g/mol. The van der Waals surface area contributed by atoms with E-state index in [1.165, 1.54) is 0 Å². The number of rotatable bonds is 2. The Bertz CT molecular complexity index is 505. The van der Waals surface area contributed by atoms with Gasteiger partial charge in [-0.3, -0.25) is 4.31 Å². The largest absolute Gasteiger partial charge is 0.355 e. The minimum absolute atomic E-state index is 0.0175. The number of nitrogens with zero attached hydrogens (tertiary/aromatic N) is 1. The third-order valence-electron chi connectivity index (χ3n) is 2.60. The van der Waals surface area contributed by atoms with Crippen LogP contribution in [0.2, 0.25) is 0 Å². The lowest BCUT2D eigenvalue weighted by atomic mass is 10.2. The molecule has 0 spiro atoms. The zero-order valence-corrected chi connectivity index (χ0v) is 9.75. The first-order valence-electron chi connectivity index (χ1n) is 5.12. The molecule has 1 aromatic rings. The smallest absolute Gasteiger partial charge is 0.311 e. The summed E-state index contributed by atoms with van der Waals surface area (Å²) >= 11 is 0. The third kappa shape index (κ3) is 2.25. The number of sulfonamides is 1. The Balaban J connectivity index is 2.49. The van der Waals surface area contributed by atoms with Gasteiger partial charge in [0, 0.05) is 19.6 Å². The highest BCUT2D eigenvalue weighted by Crippen LogP contribution is 2.27. The fraction of sp³-hybridized carbons (Fsp3) is 0.400. The van der Waals surface area contributed by atoms with Crippen molar-refractivity contribution in [1.82, 2.24) is 5.32 Å². The average Bonchev–Trinajstić information content (AvgIpc) is 2.51. The zero-order chi connectivity index (χ0) is 12.5. The summed E-state index contributed by atoms with van der Waals surface area (Å²) in [4.78, 5) is 0. The molecule has 4 nitrogen and oxygen atoms in total. The van der Waals surface area contributed by atoms with Gasteiger partial charge in [0.25, 0.3) is 10.0 Å². The highest BCUT2D eigenvalue weighted by molar-refractivity contribution is 7.93. The van der Waals surface area contributed by atoms with E-state index in [4.69, 9.17) is 0 Å². The summed E-state index contributed by atoms with van der Waals surface area (Å²) in [7, 11) is -4.58. The van der Waals surface area contributed by atoms with Gasteiger partial charge in [-0.05, 0) is 11.6 Å². The molecule has 94 valence electrons. The van der Waals surface area contributed by atoms with Crippen molar-refractivity contribution in [2.24, 2.45) is 0 Å². The van der Waals surface area contributed by atoms with E-state index in [0.29, 0.717) is 24.3 Å². The molecule has 0 aromatic heterocycles. The third-order valence-corrected chi connectivity index (χ3v) is 4.04. The van der Waals surface area contributed by atoms with Crippen molar-refractivity contribution in [3.63, 3.8) is 0 Å². The first-order valence-corrected chi connectivity index (χ1v) is 6.62. The van der Waals surface area contributed by atoms with Crippen LogP contribution >= 0.6 is 0 Å². The van der Waals surface area contributed by atoms with Crippen LogP contribution in [-0.2, 0) is 16.6 Å². The Kier molecular flexibility index (Phi) is 3.30. The molecule has 0 fully saturated rings. The average molecular weight is 262 g/mol. The minimum atomic E-state index is -4.58. The maximum atomic E-state index is 12.6. The Morgan fingerprint density at radius 2 is 2.00 bits per heavy atom. The molecule has 0 saturated heterocycles. The van der Waals surface area contributed by atoms with Gasteiger partial charge in [-0.1, -0.05) is 18.2 Å². The molecule has 1 aliphatic rings. The number of halogens is 2. The minimum Gasteiger partial charge on any atom is -0.311 e. The molecule has 0 aliphatic carbocycles. The molecule has 1 heterocycles. The second-order valence-electron chi connectivity index (χ2n) is 3.68. The van der Waals surface area contributed by atoms with Crippen LogP contribution in [0.5, 0.6) is 0 Å². The molecule has 0 saturated carbocycles. The van der Waals surface area contributed by atoms with E-state index in [9.17, 15) is 17.2 Å². The maximum absolute atomic E-state index is 12.6. The topological polar surface area (TPSA) is 49.4 Å². The summed E-state index contributed by atoms with van der Waals surface area (Å²) in [5.41, 5.74) is 1.03. The van der Waals surface area contributed by atoms with Crippen LogP contribution in [0.1, 0.15) is 5.56 Å². The number of benzene rings is 1. The van der Waals surface area contributed by atoms with E-state index in [-0.39, 0.29) is 6.54 Å². The molecule has 0 bridgehead atoms. The van der Waals surface area contributed by atoms with Crippen molar-refractivity contribution >= 4 is 15.7 Å². The Hall–Kier alpha value is -1.21. The highest BCUT2D eigenvalue weighted by Gasteiger charge is 2.33. The van der Waals surface area contributed by atoms with Crippen molar-refractivity contribution in [1.29, 1.82) is 0 Å². The van der Waals surface area contributed by atoms with Gasteiger partial charge in [0.05, 0.1) is 5.69 Å². The second-order valence-corrected chi connectivity index (χ2v) is 5.51. The van der Waals surface area contributed by atoms with E-state index in [1.54, 1.807) is 24.3 Å². The molecule has 17 heavy (non-hydrogen) atoms. The molecule has 0 amide bonds. The van der Waals surface area contributed by atoms with Crippen molar-refractivity contribution in [2.75, 3.05) is 17.4 Å². The number of fused-ring (bicyclic) bond motifs is 1. The molecule has 1 N–H and O–H groups in total. The fourth-order valence-electron chi connectivity index (χ4n) is 1.79. The Morgan fingerprint density at radius 1 is 1.29 bits per heavy atom. The predicted molar refractivity (Wildman–Crippen MR) is 60.4 cm³/mol. The first-order chi connectivity index (χ1) is 8.03. The Morgan fingerprint density at radius 3 is 2.71 bits per heavy atom. The molecule has 0 atom stereocenters. The lowest BCUT2D eigenvalue weighted by Gasteiger charge is -2.23. The molecular weight excluding hydrogens is 250 g/mol. The van der Waals surface area contributed by atoms with Crippen LogP contribution in [0, 0.1) is 0 Å². The first kappa shape index (κ1) is 12.3. The van der Waals surface area contributed by atoms with Gasteiger partial charge in [-0.15, -0.1) is 0 Å². The standard InChI is InChI=1S/C10H12F2N2O2S/c11-10(12)17(15,16)14-6-5-13-7-8-3-1-2-4-9(8)14/h1-4,10,13H,5-7H2. The number of nitrogens with one attached hydrogen (secondary N) is 1. The molecule has 1 aromatic carbocycles. The van der Waals surface area contributed by atoms with Gasteiger partial charge < -0.3 is 5.32 Å².